The number of fused-ring (bicyclic) bond motifs is 1. The van der Waals surface area contributed by atoms with Crippen LogP contribution in [0.4, 0.5) is 13.2 Å². The third kappa shape index (κ3) is 2.93. The first kappa shape index (κ1) is 15.9. The molecule has 7 heteroatoms. The van der Waals surface area contributed by atoms with Crippen LogP contribution in [0.2, 0.25) is 0 Å². The van der Waals surface area contributed by atoms with Gasteiger partial charge in [0.25, 0.3) is 5.91 Å². The zero-order valence-electron chi connectivity index (χ0n) is 12.8. The molecule has 0 bridgehead atoms. The second-order valence-electron chi connectivity index (χ2n) is 5.83. The maximum absolute atomic E-state index is 12.8. The standard InChI is InChI=1S/C16H17F3N2O2/c1-9-3-4-12-11(7-9)10(2)14(20-12)15(22)21-5-6-23-13(8-21)16(17,18)19/h3-4,7,13,20H,5-6,8H2,1-2H3. The number of halogens is 3. The fraction of sp³-hybridized carbons (Fsp3) is 0.438. The lowest BCUT2D eigenvalue weighted by molar-refractivity contribution is -0.233. The zero-order chi connectivity index (χ0) is 16.8. The molecule has 3 rings (SSSR count). The van der Waals surface area contributed by atoms with Crippen molar-refractivity contribution in [1.29, 1.82) is 0 Å². The van der Waals surface area contributed by atoms with Crippen molar-refractivity contribution in [2.45, 2.75) is 26.1 Å². The molecular formula is C16H17F3N2O2. The Morgan fingerprint density at radius 1 is 1.35 bits per heavy atom. The highest BCUT2D eigenvalue weighted by molar-refractivity contribution is 6.01. The number of aromatic amines is 1. The maximum atomic E-state index is 12.8. The molecule has 1 N–H and O–H groups in total. The normalized spacial score (nSPS) is 19.3. The molecule has 2 heterocycles. The summed E-state index contributed by atoms with van der Waals surface area (Å²) < 4.78 is 43.1. The van der Waals surface area contributed by atoms with E-state index in [4.69, 9.17) is 4.74 Å². The Balaban J connectivity index is 1.90. The number of carbonyl (C=O) groups is 1. The van der Waals surface area contributed by atoms with Gasteiger partial charge in [-0.3, -0.25) is 4.79 Å². The first-order valence-electron chi connectivity index (χ1n) is 7.34. The van der Waals surface area contributed by atoms with E-state index >= 15 is 0 Å². The van der Waals surface area contributed by atoms with Crippen LogP contribution in [0.15, 0.2) is 18.2 Å². The number of nitrogens with one attached hydrogen (secondary N) is 1. The number of nitrogens with zero attached hydrogens (tertiary/aromatic N) is 1. The predicted molar refractivity (Wildman–Crippen MR) is 79.5 cm³/mol. The number of aromatic nitrogens is 1. The molecule has 0 spiro atoms. The minimum Gasteiger partial charge on any atom is -0.365 e. The Hall–Kier alpha value is -2.02. The Kier molecular flexibility index (Phi) is 3.83. The smallest absolute Gasteiger partial charge is 0.365 e. The van der Waals surface area contributed by atoms with E-state index in [-0.39, 0.29) is 13.2 Å². The minimum absolute atomic E-state index is 0.117. The van der Waals surface area contributed by atoms with Gasteiger partial charge in [-0.05, 0) is 31.5 Å². The van der Waals surface area contributed by atoms with E-state index in [0.717, 1.165) is 22.0 Å². The van der Waals surface area contributed by atoms with Gasteiger partial charge in [-0.25, -0.2) is 0 Å². The largest absolute Gasteiger partial charge is 0.416 e. The first-order valence-corrected chi connectivity index (χ1v) is 7.34. The number of benzene rings is 1. The molecule has 1 unspecified atom stereocenters. The van der Waals surface area contributed by atoms with E-state index in [0.29, 0.717) is 5.69 Å². The predicted octanol–water partition coefficient (Wildman–Crippen LogP) is 3.19. The van der Waals surface area contributed by atoms with E-state index in [2.05, 4.69) is 4.98 Å². The molecule has 23 heavy (non-hydrogen) atoms. The second-order valence-corrected chi connectivity index (χ2v) is 5.83. The highest BCUT2D eigenvalue weighted by Crippen LogP contribution is 2.28. The Morgan fingerprint density at radius 2 is 2.09 bits per heavy atom. The van der Waals surface area contributed by atoms with Gasteiger partial charge < -0.3 is 14.6 Å². The van der Waals surface area contributed by atoms with Crippen LogP contribution in [0, 0.1) is 13.8 Å². The van der Waals surface area contributed by atoms with Crippen molar-refractivity contribution in [3.8, 4) is 0 Å². The molecule has 1 atom stereocenters. The lowest BCUT2D eigenvalue weighted by Crippen LogP contribution is -2.51. The van der Waals surface area contributed by atoms with Crippen molar-refractivity contribution < 1.29 is 22.7 Å². The number of hydrogen-bond donors (Lipinski definition) is 1. The van der Waals surface area contributed by atoms with Gasteiger partial charge >= 0.3 is 6.18 Å². The highest BCUT2D eigenvalue weighted by Gasteiger charge is 2.44. The maximum Gasteiger partial charge on any atom is 0.416 e. The highest BCUT2D eigenvalue weighted by atomic mass is 19.4. The third-order valence-corrected chi connectivity index (χ3v) is 4.15. The average molecular weight is 326 g/mol. The molecule has 0 radical (unpaired) electrons. The summed E-state index contributed by atoms with van der Waals surface area (Å²) in [6.45, 7) is 3.31. The molecular weight excluding hydrogens is 309 g/mol. The van der Waals surface area contributed by atoms with Gasteiger partial charge in [0.1, 0.15) is 5.69 Å². The van der Waals surface area contributed by atoms with Crippen molar-refractivity contribution in [2.24, 2.45) is 0 Å². The number of ether oxygens (including phenoxy) is 1. The Bertz CT molecular complexity index is 752. The van der Waals surface area contributed by atoms with Crippen molar-refractivity contribution >= 4 is 16.8 Å². The van der Waals surface area contributed by atoms with Gasteiger partial charge in [0.05, 0.1) is 13.2 Å². The summed E-state index contributed by atoms with van der Waals surface area (Å²) in [5, 5.41) is 0.911. The monoisotopic (exact) mass is 326 g/mol. The van der Waals surface area contributed by atoms with Crippen LogP contribution in [-0.4, -0.2) is 47.8 Å². The number of hydrogen-bond acceptors (Lipinski definition) is 2. The third-order valence-electron chi connectivity index (χ3n) is 4.15. The molecule has 0 aliphatic carbocycles. The summed E-state index contributed by atoms with van der Waals surface area (Å²) in [7, 11) is 0. The average Bonchev–Trinajstić information content (AvgIpc) is 2.83. The lowest BCUT2D eigenvalue weighted by Gasteiger charge is -2.33. The fourth-order valence-electron chi connectivity index (χ4n) is 2.84. The van der Waals surface area contributed by atoms with Crippen molar-refractivity contribution in [3.05, 3.63) is 35.0 Å². The molecule has 1 amide bonds. The van der Waals surface area contributed by atoms with Crippen LogP contribution >= 0.6 is 0 Å². The summed E-state index contributed by atoms with van der Waals surface area (Å²) in [6, 6.07) is 5.74. The first-order chi connectivity index (χ1) is 10.8. The number of aryl methyl sites for hydroxylation is 2. The van der Waals surface area contributed by atoms with Gasteiger partial charge in [0.2, 0.25) is 0 Å². The zero-order valence-corrected chi connectivity index (χ0v) is 12.8. The van der Waals surface area contributed by atoms with Crippen LogP contribution < -0.4 is 0 Å². The molecule has 1 saturated heterocycles. The van der Waals surface area contributed by atoms with Gasteiger partial charge in [0, 0.05) is 17.4 Å². The Labute approximate surface area is 131 Å². The summed E-state index contributed by atoms with van der Waals surface area (Å²) in [5.74, 6) is -0.422. The van der Waals surface area contributed by atoms with Gasteiger partial charge in [-0.1, -0.05) is 11.6 Å². The summed E-state index contributed by atoms with van der Waals surface area (Å²) in [6.07, 6.45) is -6.39. The molecule has 1 aromatic heterocycles. The van der Waals surface area contributed by atoms with Crippen LogP contribution in [0.5, 0.6) is 0 Å². The number of amides is 1. The SMILES string of the molecule is Cc1ccc2[nH]c(C(=O)N3CCOC(C(F)(F)F)C3)c(C)c2c1. The number of alkyl halides is 3. The van der Waals surface area contributed by atoms with E-state index in [1.54, 1.807) is 6.92 Å². The number of morpholine rings is 1. The number of carbonyl (C=O) groups excluding carboxylic acids is 1. The molecule has 1 aliphatic heterocycles. The lowest BCUT2D eigenvalue weighted by atomic mass is 10.1. The van der Waals surface area contributed by atoms with Crippen molar-refractivity contribution in [2.75, 3.05) is 19.7 Å². The van der Waals surface area contributed by atoms with Crippen LogP contribution in [0.25, 0.3) is 10.9 Å². The van der Waals surface area contributed by atoms with Crippen LogP contribution in [0.1, 0.15) is 21.6 Å². The quantitative estimate of drug-likeness (QED) is 0.875. The van der Waals surface area contributed by atoms with E-state index in [1.165, 1.54) is 4.90 Å². The van der Waals surface area contributed by atoms with E-state index < -0.39 is 24.7 Å². The summed E-state index contributed by atoms with van der Waals surface area (Å²) in [5.41, 5.74) is 2.95. The van der Waals surface area contributed by atoms with Crippen molar-refractivity contribution in [1.82, 2.24) is 9.88 Å². The molecule has 1 fully saturated rings. The Morgan fingerprint density at radius 3 is 2.78 bits per heavy atom. The fourth-order valence-corrected chi connectivity index (χ4v) is 2.84. The van der Waals surface area contributed by atoms with Crippen LogP contribution in [0.3, 0.4) is 0 Å². The molecule has 1 aromatic carbocycles. The number of H-pyrrole nitrogens is 1. The molecule has 1 aliphatic rings. The van der Waals surface area contributed by atoms with Crippen molar-refractivity contribution in [3.63, 3.8) is 0 Å². The molecule has 124 valence electrons. The summed E-state index contributed by atoms with van der Waals surface area (Å²) in [4.78, 5) is 16.8. The van der Waals surface area contributed by atoms with Gasteiger partial charge in [-0.15, -0.1) is 0 Å². The number of rotatable bonds is 1. The minimum atomic E-state index is -4.47. The van der Waals surface area contributed by atoms with Gasteiger partial charge in [-0.2, -0.15) is 13.2 Å². The summed E-state index contributed by atoms with van der Waals surface area (Å²) >= 11 is 0. The molecule has 2 aromatic rings. The molecule has 0 saturated carbocycles. The topological polar surface area (TPSA) is 45.3 Å². The van der Waals surface area contributed by atoms with Gasteiger partial charge in [0.15, 0.2) is 6.10 Å². The second kappa shape index (κ2) is 5.56. The van der Waals surface area contributed by atoms with E-state index in [1.807, 2.05) is 25.1 Å². The molecule has 4 nitrogen and oxygen atoms in total. The van der Waals surface area contributed by atoms with Crippen LogP contribution in [-0.2, 0) is 4.74 Å². The van der Waals surface area contributed by atoms with E-state index in [9.17, 15) is 18.0 Å².